The molecule has 2 aliphatic rings. The Kier molecular flexibility index (Phi) is 2.58. The van der Waals surface area contributed by atoms with E-state index in [9.17, 15) is 4.79 Å². The Morgan fingerprint density at radius 1 is 1.47 bits per heavy atom. The largest absolute Gasteiger partial charge is 0.375 e. The van der Waals surface area contributed by atoms with Gasteiger partial charge in [0, 0.05) is 12.6 Å². The van der Waals surface area contributed by atoms with Gasteiger partial charge in [-0.3, -0.25) is 4.79 Å². The Balaban J connectivity index is 1.79. The van der Waals surface area contributed by atoms with Crippen LogP contribution < -0.4 is 5.73 Å². The summed E-state index contributed by atoms with van der Waals surface area (Å²) in [5.41, 5.74) is 6.44. The standard InChI is InChI=1S/C12H17N3OS/c1-7-10(17-12(13)14-7)11(16)15(9-4-5-9)6-8-2-3-8/h8-9H,2-6H2,1H3,(H2,13,14). The molecule has 2 fully saturated rings. The molecule has 2 aliphatic carbocycles. The van der Waals surface area contributed by atoms with E-state index in [0.29, 0.717) is 11.2 Å². The van der Waals surface area contributed by atoms with Crippen molar-refractivity contribution in [2.24, 2.45) is 5.92 Å². The summed E-state index contributed by atoms with van der Waals surface area (Å²) in [6.07, 6.45) is 4.87. The normalized spacial score (nSPS) is 19.4. The molecule has 0 radical (unpaired) electrons. The molecule has 0 saturated heterocycles. The van der Waals surface area contributed by atoms with Gasteiger partial charge < -0.3 is 10.6 Å². The molecule has 17 heavy (non-hydrogen) atoms. The van der Waals surface area contributed by atoms with Crippen molar-refractivity contribution >= 4 is 22.4 Å². The first-order valence-electron chi connectivity index (χ1n) is 6.19. The summed E-state index contributed by atoms with van der Waals surface area (Å²) in [4.78, 5) is 19.4. The first kappa shape index (κ1) is 11.0. The van der Waals surface area contributed by atoms with Gasteiger partial charge in [0.1, 0.15) is 4.88 Å². The fourth-order valence-electron chi connectivity index (χ4n) is 2.11. The zero-order chi connectivity index (χ0) is 12.0. The van der Waals surface area contributed by atoms with Crippen LogP contribution in [0.15, 0.2) is 0 Å². The number of anilines is 1. The molecule has 0 atom stereocenters. The molecule has 0 aliphatic heterocycles. The number of rotatable bonds is 4. The quantitative estimate of drug-likeness (QED) is 0.891. The molecule has 0 bridgehead atoms. The maximum absolute atomic E-state index is 12.5. The SMILES string of the molecule is Cc1nc(N)sc1C(=O)N(CC1CC1)C1CC1. The molecule has 1 amide bonds. The predicted molar refractivity (Wildman–Crippen MR) is 68.0 cm³/mol. The van der Waals surface area contributed by atoms with E-state index in [1.165, 1.54) is 24.2 Å². The number of carbonyl (C=O) groups excluding carboxylic acids is 1. The van der Waals surface area contributed by atoms with Crippen LogP contribution in [-0.2, 0) is 0 Å². The van der Waals surface area contributed by atoms with Crippen LogP contribution in [0.5, 0.6) is 0 Å². The zero-order valence-electron chi connectivity index (χ0n) is 9.98. The lowest BCUT2D eigenvalue weighted by atomic mass is 10.3. The van der Waals surface area contributed by atoms with Crippen LogP contribution in [0.3, 0.4) is 0 Å². The lowest BCUT2D eigenvalue weighted by Crippen LogP contribution is -2.34. The fraction of sp³-hybridized carbons (Fsp3) is 0.667. The summed E-state index contributed by atoms with van der Waals surface area (Å²) in [5.74, 6) is 0.885. The first-order chi connectivity index (χ1) is 8.15. The highest BCUT2D eigenvalue weighted by molar-refractivity contribution is 7.17. The average molecular weight is 251 g/mol. The summed E-state index contributed by atoms with van der Waals surface area (Å²) < 4.78 is 0. The third-order valence-corrected chi connectivity index (χ3v) is 4.38. The third-order valence-electron chi connectivity index (χ3n) is 3.41. The maximum Gasteiger partial charge on any atom is 0.266 e. The van der Waals surface area contributed by atoms with Crippen LogP contribution in [0.2, 0.25) is 0 Å². The lowest BCUT2D eigenvalue weighted by molar-refractivity contribution is 0.0739. The van der Waals surface area contributed by atoms with Crippen molar-refractivity contribution in [2.75, 3.05) is 12.3 Å². The number of nitrogen functional groups attached to an aromatic ring is 1. The van der Waals surface area contributed by atoms with Crippen LogP contribution in [-0.4, -0.2) is 28.4 Å². The van der Waals surface area contributed by atoms with Crippen LogP contribution in [0.25, 0.3) is 0 Å². The first-order valence-corrected chi connectivity index (χ1v) is 7.00. The number of carbonyl (C=O) groups is 1. The molecule has 0 aromatic carbocycles. The second kappa shape index (κ2) is 3.98. The van der Waals surface area contributed by atoms with Gasteiger partial charge in [0.2, 0.25) is 0 Å². The fourth-order valence-corrected chi connectivity index (χ4v) is 2.90. The van der Waals surface area contributed by atoms with Crippen LogP contribution in [0, 0.1) is 12.8 Å². The van der Waals surface area contributed by atoms with Gasteiger partial charge in [-0.05, 0) is 38.5 Å². The lowest BCUT2D eigenvalue weighted by Gasteiger charge is -2.21. The highest BCUT2D eigenvalue weighted by Gasteiger charge is 2.37. The average Bonchev–Trinajstić information content (AvgIpc) is 3.14. The minimum absolute atomic E-state index is 0.145. The van der Waals surface area contributed by atoms with E-state index in [2.05, 4.69) is 9.88 Å². The second-order valence-corrected chi connectivity index (χ2v) is 6.13. The molecule has 92 valence electrons. The van der Waals surface area contributed by atoms with E-state index in [-0.39, 0.29) is 5.91 Å². The topological polar surface area (TPSA) is 59.2 Å². The van der Waals surface area contributed by atoms with E-state index in [1.54, 1.807) is 0 Å². The molecule has 0 unspecified atom stereocenters. The minimum Gasteiger partial charge on any atom is -0.375 e. The number of hydrogen-bond donors (Lipinski definition) is 1. The van der Waals surface area contributed by atoms with Gasteiger partial charge in [-0.2, -0.15) is 0 Å². The van der Waals surface area contributed by atoms with Crippen molar-refractivity contribution in [2.45, 2.75) is 38.6 Å². The highest BCUT2D eigenvalue weighted by atomic mass is 32.1. The van der Waals surface area contributed by atoms with Crippen molar-refractivity contribution in [1.82, 2.24) is 9.88 Å². The Labute approximate surface area is 105 Å². The predicted octanol–water partition coefficient (Wildman–Crippen LogP) is 2.05. The number of amides is 1. The monoisotopic (exact) mass is 251 g/mol. The molecule has 2 N–H and O–H groups in total. The van der Waals surface area contributed by atoms with Crippen molar-refractivity contribution in [1.29, 1.82) is 0 Å². The Morgan fingerprint density at radius 2 is 2.18 bits per heavy atom. The molecule has 0 spiro atoms. The van der Waals surface area contributed by atoms with Crippen molar-refractivity contribution in [3.63, 3.8) is 0 Å². The Bertz CT molecular complexity index is 449. The van der Waals surface area contributed by atoms with Gasteiger partial charge >= 0.3 is 0 Å². The molecule has 1 aromatic heterocycles. The van der Waals surface area contributed by atoms with Crippen LogP contribution in [0.4, 0.5) is 5.13 Å². The molecule has 1 heterocycles. The number of thiazole rings is 1. The number of nitrogens with zero attached hydrogens (tertiary/aromatic N) is 2. The van der Waals surface area contributed by atoms with E-state index in [0.717, 1.165) is 35.9 Å². The zero-order valence-corrected chi connectivity index (χ0v) is 10.8. The molecule has 5 heteroatoms. The van der Waals surface area contributed by atoms with E-state index in [4.69, 9.17) is 5.73 Å². The molecule has 1 aromatic rings. The maximum atomic E-state index is 12.5. The highest BCUT2D eigenvalue weighted by Crippen LogP contribution is 2.36. The minimum atomic E-state index is 0.145. The van der Waals surface area contributed by atoms with Gasteiger partial charge in [0.25, 0.3) is 5.91 Å². The number of hydrogen-bond acceptors (Lipinski definition) is 4. The number of aryl methyl sites for hydroxylation is 1. The van der Waals surface area contributed by atoms with Gasteiger partial charge in [0.05, 0.1) is 5.69 Å². The Hall–Kier alpha value is -1.10. The van der Waals surface area contributed by atoms with E-state index >= 15 is 0 Å². The van der Waals surface area contributed by atoms with E-state index in [1.807, 2.05) is 6.92 Å². The molecule has 2 saturated carbocycles. The summed E-state index contributed by atoms with van der Waals surface area (Å²) in [6, 6.07) is 0.478. The van der Waals surface area contributed by atoms with Gasteiger partial charge in [-0.1, -0.05) is 11.3 Å². The van der Waals surface area contributed by atoms with Gasteiger partial charge in [0.15, 0.2) is 5.13 Å². The molecule has 4 nitrogen and oxygen atoms in total. The number of nitrogens with two attached hydrogens (primary N) is 1. The van der Waals surface area contributed by atoms with Crippen molar-refractivity contribution in [3.8, 4) is 0 Å². The van der Waals surface area contributed by atoms with Crippen molar-refractivity contribution < 1.29 is 4.79 Å². The van der Waals surface area contributed by atoms with E-state index < -0.39 is 0 Å². The molecular formula is C12H17N3OS. The van der Waals surface area contributed by atoms with Gasteiger partial charge in [-0.25, -0.2) is 4.98 Å². The van der Waals surface area contributed by atoms with Crippen molar-refractivity contribution in [3.05, 3.63) is 10.6 Å². The molecule has 3 rings (SSSR count). The summed E-state index contributed by atoms with van der Waals surface area (Å²) in [5, 5.41) is 0.494. The summed E-state index contributed by atoms with van der Waals surface area (Å²) >= 11 is 1.32. The number of aromatic nitrogens is 1. The Morgan fingerprint density at radius 3 is 2.65 bits per heavy atom. The van der Waals surface area contributed by atoms with Crippen LogP contribution in [0.1, 0.15) is 41.0 Å². The third kappa shape index (κ3) is 2.29. The summed E-state index contributed by atoms with van der Waals surface area (Å²) in [6.45, 7) is 2.79. The molecular weight excluding hydrogens is 234 g/mol. The van der Waals surface area contributed by atoms with Gasteiger partial charge in [-0.15, -0.1) is 0 Å². The van der Waals surface area contributed by atoms with Crippen LogP contribution >= 0.6 is 11.3 Å². The summed E-state index contributed by atoms with van der Waals surface area (Å²) in [7, 11) is 0. The second-order valence-electron chi connectivity index (χ2n) is 5.10. The smallest absolute Gasteiger partial charge is 0.266 e.